The molecule has 0 amide bonds. The Kier molecular flexibility index (Phi) is 4.20. The van der Waals surface area contributed by atoms with Crippen molar-refractivity contribution in [3.63, 3.8) is 0 Å². The molecule has 0 saturated heterocycles. The van der Waals surface area contributed by atoms with Crippen molar-refractivity contribution in [3.8, 4) is 5.75 Å². The van der Waals surface area contributed by atoms with E-state index in [0.717, 1.165) is 24.8 Å². The molecule has 2 rings (SSSR count). The smallest absolute Gasteiger partial charge is 0.344 e. The van der Waals surface area contributed by atoms with Crippen LogP contribution in [0.3, 0.4) is 0 Å². The molecule has 1 aromatic rings. The number of hydrogen-bond donors (Lipinski definition) is 1. The van der Waals surface area contributed by atoms with Gasteiger partial charge in [0.1, 0.15) is 5.75 Å². The average molecular weight is 249 g/mol. The van der Waals surface area contributed by atoms with Crippen molar-refractivity contribution in [1.82, 2.24) is 0 Å². The number of benzene rings is 1. The van der Waals surface area contributed by atoms with Crippen molar-refractivity contribution >= 4 is 5.97 Å². The normalized spacial score (nSPS) is 18.0. The largest absolute Gasteiger partial charge is 0.482 e. The average Bonchev–Trinajstić information content (AvgIpc) is 2.37. The Hall–Kier alpha value is -1.55. The molecule has 98 valence electrons. The van der Waals surface area contributed by atoms with Gasteiger partial charge >= 0.3 is 5.97 Å². The first-order valence-corrected chi connectivity index (χ1v) is 6.37. The number of esters is 1. The Bertz CT molecular complexity index is 431. The molecule has 4 nitrogen and oxygen atoms in total. The minimum absolute atomic E-state index is 0.0537. The molecule has 0 aromatic heterocycles. The first-order valence-electron chi connectivity index (χ1n) is 6.37. The molecule has 1 aliphatic carbocycles. The van der Waals surface area contributed by atoms with Crippen LogP contribution >= 0.6 is 0 Å². The summed E-state index contributed by atoms with van der Waals surface area (Å²) >= 11 is 0. The highest BCUT2D eigenvalue weighted by Crippen LogP contribution is 2.30. The number of nitrogens with two attached hydrogens (primary N) is 1. The number of rotatable bonds is 4. The molecule has 0 spiro atoms. The van der Waals surface area contributed by atoms with Gasteiger partial charge < -0.3 is 15.2 Å². The van der Waals surface area contributed by atoms with Gasteiger partial charge in [0.2, 0.25) is 0 Å². The summed E-state index contributed by atoms with van der Waals surface area (Å²) in [7, 11) is 0. The van der Waals surface area contributed by atoms with Crippen molar-refractivity contribution in [1.29, 1.82) is 0 Å². The molecular formula is C14H19NO3. The lowest BCUT2D eigenvalue weighted by molar-refractivity contribution is -0.145. The van der Waals surface area contributed by atoms with E-state index in [1.165, 1.54) is 5.56 Å². The van der Waals surface area contributed by atoms with Gasteiger partial charge in [0.15, 0.2) is 6.61 Å². The summed E-state index contributed by atoms with van der Waals surface area (Å²) in [5.41, 5.74) is 8.50. The summed E-state index contributed by atoms with van der Waals surface area (Å²) in [4.78, 5) is 11.2. The van der Waals surface area contributed by atoms with Crippen LogP contribution in [0.4, 0.5) is 0 Å². The molecule has 0 bridgehead atoms. The molecule has 1 unspecified atom stereocenters. The van der Waals surface area contributed by atoms with E-state index in [0.29, 0.717) is 12.4 Å². The van der Waals surface area contributed by atoms with Crippen LogP contribution in [0.1, 0.15) is 36.9 Å². The maximum Gasteiger partial charge on any atom is 0.344 e. The molecule has 0 aliphatic heterocycles. The van der Waals surface area contributed by atoms with Crippen LogP contribution in [0, 0.1) is 0 Å². The van der Waals surface area contributed by atoms with E-state index in [1.807, 2.05) is 18.2 Å². The van der Waals surface area contributed by atoms with Gasteiger partial charge in [0.25, 0.3) is 0 Å². The van der Waals surface area contributed by atoms with Crippen LogP contribution in [0.15, 0.2) is 18.2 Å². The van der Waals surface area contributed by atoms with Crippen molar-refractivity contribution in [2.24, 2.45) is 5.73 Å². The van der Waals surface area contributed by atoms with E-state index in [1.54, 1.807) is 6.92 Å². The molecule has 1 aromatic carbocycles. The maximum atomic E-state index is 11.2. The molecule has 0 saturated carbocycles. The molecule has 0 fully saturated rings. The second kappa shape index (κ2) is 5.87. The number of carbonyl (C=O) groups excluding carboxylic acids is 1. The summed E-state index contributed by atoms with van der Waals surface area (Å²) < 4.78 is 10.2. The van der Waals surface area contributed by atoms with Gasteiger partial charge in [-0.3, -0.25) is 0 Å². The molecule has 0 radical (unpaired) electrons. The predicted octanol–water partition coefficient (Wildman–Crippen LogP) is 1.96. The highest BCUT2D eigenvalue weighted by molar-refractivity contribution is 5.71. The van der Waals surface area contributed by atoms with Gasteiger partial charge in [0.05, 0.1) is 6.61 Å². The standard InChI is InChI=1S/C14H19NO3/c1-2-17-14(16)9-18-11-7-6-10-4-3-5-13(15)12(10)8-11/h6-8,13H,2-5,9,15H2,1H3. The SMILES string of the molecule is CCOC(=O)COc1ccc2c(c1)C(N)CCC2. The Morgan fingerprint density at radius 2 is 2.33 bits per heavy atom. The lowest BCUT2D eigenvalue weighted by atomic mass is 9.88. The third-order valence-corrected chi connectivity index (χ3v) is 3.14. The van der Waals surface area contributed by atoms with Crippen LogP contribution in [-0.4, -0.2) is 19.2 Å². The van der Waals surface area contributed by atoms with E-state index < -0.39 is 0 Å². The molecule has 1 aliphatic rings. The van der Waals surface area contributed by atoms with E-state index >= 15 is 0 Å². The number of ether oxygens (including phenoxy) is 2. The van der Waals surface area contributed by atoms with Crippen molar-refractivity contribution < 1.29 is 14.3 Å². The van der Waals surface area contributed by atoms with Gasteiger partial charge in [-0.1, -0.05) is 6.07 Å². The fourth-order valence-electron chi connectivity index (χ4n) is 2.25. The van der Waals surface area contributed by atoms with Crippen molar-refractivity contribution in [3.05, 3.63) is 29.3 Å². The molecule has 1 atom stereocenters. The number of carbonyl (C=O) groups is 1. The second-order valence-corrected chi connectivity index (χ2v) is 4.45. The molecular weight excluding hydrogens is 230 g/mol. The van der Waals surface area contributed by atoms with Gasteiger partial charge in [-0.2, -0.15) is 0 Å². The second-order valence-electron chi connectivity index (χ2n) is 4.45. The highest BCUT2D eigenvalue weighted by atomic mass is 16.6. The van der Waals surface area contributed by atoms with Crippen LogP contribution in [-0.2, 0) is 16.0 Å². The summed E-state index contributed by atoms with van der Waals surface area (Å²) in [6, 6.07) is 5.95. The predicted molar refractivity (Wildman–Crippen MR) is 68.4 cm³/mol. The topological polar surface area (TPSA) is 61.5 Å². The van der Waals surface area contributed by atoms with Crippen molar-refractivity contribution in [2.45, 2.75) is 32.2 Å². The third kappa shape index (κ3) is 3.01. The van der Waals surface area contributed by atoms with E-state index in [2.05, 4.69) is 0 Å². The summed E-state index contributed by atoms with van der Waals surface area (Å²) in [5.74, 6) is 0.332. The zero-order chi connectivity index (χ0) is 13.0. The third-order valence-electron chi connectivity index (χ3n) is 3.14. The van der Waals surface area contributed by atoms with Gasteiger partial charge in [-0.15, -0.1) is 0 Å². The lowest BCUT2D eigenvalue weighted by Crippen LogP contribution is -2.18. The fraction of sp³-hybridized carbons (Fsp3) is 0.500. The van der Waals surface area contributed by atoms with Crippen LogP contribution < -0.4 is 10.5 Å². The quantitative estimate of drug-likeness (QED) is 0.829. The monoisotopic (exact) mass is 249 g/mol. The first kappa shape index (κ1) is 12.9. The van der Waals surface area contributed by atoms with E-state index in [9.17, 15) is 4.79 Å². The van der Waals surface area contributed by atoms with Crippen molar-refractivity contribution in [2.75, 3.05) is 13.2 Å². The maximum absolute atomic E-state index is 11.2. The molecule has 0 heterocycles. The van der Waals surface area contributed by atoms with Gasteiger partial charge in [-0.25, -0.2) is 4.79 Å². The van der Waals surface area contributed by atoms with Crippen LogP contribution in [0.2, 0.25) is 0 Å². The first-order chi connectivity index (χ1) is 8.70. The van der Waals surface area contributed by atoms with E-state index in [4.69, 9.17) is 15.2 Å². The minimum atomic E-state index is -0.348. The number of aryl methyl sites for hydroxylation is 1. The van der Waals surface area contributed by atoms with Crippen LogP contribution in [0.25, 0.3) is 0 Å². The number of hydrogen-bond acceptors (Lipinski definition) is 4. The molecule has 18 heavy (non-hydrogen) atoms. The Labute approximate surface area is 107 Å². The highest BCUT2D eigenvalue weighted by Gasteiger charge is 2.17. The van der Waals surface area contributed by atoms with Gasteiger partial charge in [0, 0.05) is 6.04 Å². The summed E-state index contributed by atoms with van der Waals surface area (Å²) in [6.07, 6.45) is 3.21. The van der Waals surface area contributed by atoms with Gasteiger partial charge in [-0.05, 0) is 49.4 Å². The zero-order valence-corrected chi connectivity index (χ0v) is 10.6. The van der Waals surface area contributed by atoms with E-state index in [-0.39, 0.29) is 18.6 Å². The zero-order valence-electron chi connectivity index (χ0n) is 10.6. The Balaban J connectivity index is 2.02. The molecule has 4 heteroatoms. The fourth-order valence-corrected chi connectivity index (χ4v) is 2.25. The Morgan fingerprint density at radius 1 is 1.50 bits per heavy atom. The minimum Gasteiger partial charge on any atom is -0.482 e. The number of fused-ring (bicyclic) bond motifs is 1. The molecule has 2 N–H and O–H groups in total. The lowest BCUT2D eigenvalue weighted by Gasteiger charge is -2.22. The van der Waals surface area contributed by atoms with Crippen LogP contribution in [0.5, 0.6) is 5.75 Å². The summed E-state index contributed by atoms with van der Waals surface area (Å²) in [6.45, 7) is 2.09. The Morgan fingerprint density at radius 3 is 3.11 bits per heavy atom. The summed E-state index contributed by atoms with van der Waals surface area (Å²) in [5, 5.41) is 0.